The summed E-state index contributed by atoms with van der Waals surface area (Å²) in [5.74, 6) is -1.48. The number of carbonyl (C=O) groups is 3. The summed E-state index contributed by atoms with van der Waals surface area (Å²) in [6.07, 6.45) is -1.92. The molecular weight excluding hydrogens is 543 g/mol. The third-order valence-corrected chi connectivity index (χ3v) is 9.55. The van der Waals surface area contributed by atoms with Gasteiger partial charge in [0.05, 0.1) is 40.0 Å². The highest BCUT2D eigenvalue weighted by molar-refractivity contribution is 7.19. The molecule has 0 radical (unpaired) electrons. The van der Waals surface area contributed by atoms with Crippen LogP contribution < -0.4 is 10.6 Å². The number of aromatic nitrogens is 2. The molecule has 40 heavy (non-hydrogen) atoms. The van der Waals surface area contributed by atoms with Gasteiger partial charge in [-0.05, 0) is 56.5 Å². The first kappa shape index (κ1) is 26.8. The summed E-state index contributed by atoms with van der Waals surface area (Å²) in [4.78, 5) is 49.0. The average molecular weight is 572 g/mol. The molecule has 8 nitrogen and oxygen atoms in total. The summed E-state index contributed by atoms with van der Waals surface area (Å²) in [7, 11) is 0. The Balaban J connectivity index is 1.39. The van der Waals surface area contributed by atoms with Crippen LogP contribution >= 0.6 is 11.3 Å². The molecule has 3 aliphatic rings. The number of alkyl halides is 3. The zero-order chi connectivity index (χ0) is 28.6. The number of anilines is 1. The minimum absolute atomic E-state index is 0.0592. The van der Waals surface area contributed by atoms with E-state index in [1.165, 1.54) is 29.4 Å². The molecule has 12 heteroatoms. The SMILES string of the molecule is Cc1nc(C(F)(F)F)cc(-c2ccnc3cc(CN4C(=O)C5C(C4=O)C5(C)C)sc23)c1NC(=O)C1CCNCC1. The van der Waals surface area contributed by atoms with E-state index in [9.17, 15) is 27.6 Å². The van der Waals surface area contributed by atoms with E-state index >= 15 is 0 Å². The Hall–Kier alpha value is -3.38. The molecule has 2 unspecified atom stereocenters. The van der Waals surface area contributed by atoms with Crippen molar-refractivity contribution in [2.24, 2.45) is 23.2 Å². The van der Waals surface area contributed by atoms with Gasteiger partial charge in [-0.1, -0.05) is 13.8 Å². The van der Waals surface area contributed by atoms with Gasteiger partial charge in [-0.15, -0.1) is 11.3 Å². The molecule has 3 aromatic rings. The molecule has 0 bridgehead atoms. The number of likely N-dealkylation sites (tertiary alicyclic amines) is 1. The van der Waals surface area contributed by atoms with E-state index in [0.29, 0.717) is 46.6 Å². The number of carbonyl (C=O) groups excluding carboxylic acids is 3. The number of hydrogen-bond acceptors (Lipinski definition) is 7. The van der Waals surface area contributed by atoms with Crippen molar-refractivity contribution in [2.45, 2.75) is 46.3 Å². The van der Waals surface area contributed by atoms with E-state index in [-0.39, 0.29) is 64.4 Å². The Morgan fingerprint density at radius 3 is 2.48 bits per heavy atom. The zero-order valence-corrected chi connectivity index (χ0v) is 23.0. The maximum Gasteiger partial charge on any atom is 0.433 e. The Labute approximate surface area is 232 Å². The molecule has 6 rings (SSSR count). The fourth-order valence-electron chi connectivity index (χ4n) is 6.09. The predicted octanol–water partition coefficient (Wildman–Crippen LogP) is 4.76. The van der Waals surface area contributed by atoms with Crippen LogP contribution in [0.3, 0.4) is 0 Å². The smallest absolute Gasteiger partial charge is 0.324 e. The van der Waals surface area contributed by atoms with Crippen molar-refractivity contribution >= 4 is 45.0 Å². The van der Waals surface area contributed by atoms with Crippen LogP contribution in [-0.4, -0.2) is 45.7 Å². The topological polar surface area (TPSA) is 104 Å². The van der Waals surface area contributed by atoms with Crippen LogP contribution in [0, 0.1) is 30.1 Å². The summed E-state index contributed by atoms with van der Waals surface area (Å²) in [6, 6.07) is 4.33. The highest BCUT2D eigenvalue weighted by Crippen LogP contribution is 2.63. The monoisotopic (exact) mass is 571 g/mol. The quantitative estimate of drug-likeness (QED) is 0.428. The zero-order valence-electron chi connectivity index (χ0n) is 22.2. The standard InChI is InChI=1S/C28H28F3N5O3S/c1-13-22(35-24(37)14-4-7-32-8-5-14)17(11-19(34-13)28(29,30)31)16-6-9-33-18-10-15(40-23(16)18)12-36-25(38)20-21(26(36)39)27(20,2)3/h6,9-11,14,20-21,32H,4-5,7-8,12H2,1-3H3,(H,35,37). The largest absolute Gasteiger partial charge is 0.433 e. The van der Waals surface area contributed by atoms with Crippen molar-refractivity contribution in [3.05, 3.63) is 40.7 Å². The van der Waals surface area contributed by atoms with Gasteiger partial charge in [0, 0.05) is 28.1 Å². The van der Waals surface area contributed by atoms with E-state index in [2.05, 4.69) is 20.6 Å². The van der Waals surface area contributed by atoms with Crippen molar-refractivity contribution in [3.63, 3.8) is 0 Å². The number of hydrogen-bond donors (Lipinski definition) is 2. The molecule has 1 saturated carbocycles. The van der Waals surface area contributed by atoms with Crippen LogP contribution in [0.15, 0.2) is 24.4 Å². The number of pyridine rings is 2. The number of amides is 3. The number of imide groups is 1. The molecule has 5 heterocycles. The molecule has 0 spiro atoms. The molecule has 210 valence electrons. The van der Waals surface area contributed by atoms with Crippen LogP contribution in [0.4, 0.5) is 18.9 Å². The van der Waals surface area contributed by atoms with Gasteiger partial charge in [0.2, 0.25) is 17.7 Å². The second-order valence-electron chi connectivity index (χ2n) is 11.4. The lowest BCUT2D eigenvalue weighted by molar-refractivity contribution is -0.144. The molecular formula is C28H28F3N5O3S. The summed E-state index contributed by atoms with van der Waals surface area (Å²) < 4.78 is 42.1. The van der Waals surface area contributed by atoms with E-state index in [1.807, 2.05) is 13.8 Å². The van der Waals surface area contributed by atoms with Crippen LogP contribution in [-0.2, 0) is 27.1 Å². The second-order valence-corrected chi connectivity index (χ2v) is 12.5. The van der Waals surface area contributed by atoms with Crippen molar-refractivity contribution < 1.29 is 27.6 Å². The highest BCUT2D eigenvalue weighted by Gasteiger charge is 2.72. The lowest BCUT2D eigenvalue weighted by Crippen LogP contribution is -2.35. The predicted molar refractivity (Wildman–Crippen MR) is 143 cm³/mol. The van der Waals surface area contributed by atoms with Gasteiger partial charge in [-0.3, -0.25) is 24.3 Å². The van der Waals surface area contributed by atoms with Crippen molar-refractivity contribution in [1.82, 2.24) is 20.2 Å². The summed E-state index contributed by atoms with van der Waals surface area (Å²) in [5.41, 5.74) is 0.0944. The maximum absolute atomic E-state index is 13.8. The molecule has 0 aromatic carbocycles. The minimum Gasteiger partial charge on any atom is -0.324 e. The Bertz CT molecular complexity index is 1540. The molecule has 2 saturated heterocycles. The summed E-state index contributed by atoms with van der Waals surface area (Å²) in [5, 5.41) is 6.07. The van der Waals surface area contributed by atoms with Crippen LogP contribution in [0.25, 0.3) is 21.3 Å². The van der Waals surface area contributed by atoms with E-state index < -0.39 is 11.9 Å². The van der Waals surface area contributed by atoms with Crippen LogP contribution in [0.5, 0.6) is 0 Å². The van der Waals surface area contributed by atoms with Crippen molar-refractivity contribution in [3.8, 4) is 11.1 Å². The van der Waals surface area contributed by atoms with Crippen molar-refractivity contribution in [2.75, 3.05) is 18.4 Å². The number of aryl methyl sites for hydroxylation is 1. The lowest BCUT2D eigenvalue weighted by Gasteiger charge is -2.23. The van der Waals surface area contributed by atoms with Gasteiger partial charge in [0.1, 0.15) is 5.69 Å². The number of rotatable bonds is 5. The molecule has 2 N–H and O–H groups in total. The van der Waals surface area contributed by atoms with E-state index in [4.69, 9.17) is 0 Å². The first-order valence-corrected chi connectivity index (χ1v) is 14.0. The maximum atomic E-state index is 13.8. The molecule has 2 atom stereocenters. The molecule has 2 aliphatic heterocycles. The minimum atomic E-state index is -4.69. The number of thiophene rings is 1. The molecule has 3 amide bonds. The van der Waals surface area contributed by atoms with Gasteiger partial charge in [-0.25, -0.2) is 4.98 Å². The van der Waals surface area contributed by atoms with Gasteiger partial charge >= 0.3 is 6.18 Å². The third kappa shape index (κ3) is 4.37. The van der Waals surface area contributed by atoms with Gasteiger partial charge in [-0.2, -0.15) is 13.2 Å². The first-order valence-electron chi connectivity index (χ1n) is 13.2. The molecule has 1 aliphatic carbocycles. The van der Waals surface area contributed by atoms with E-state index in [0.717, 1.165) is 6.07 Å². The number of nitrogens with one attached hydrogen (secondary N) is 2. The molecule has 3 aromatic heterocycles. The average Bonchev–Trinajstić information content (AvgIpc) is 3.15. The molecule has 3 fully saturated rings. The lowest BCUT2D eigenvalue weighted by atomic mass is 9.96. The number of nitrogens with zero attached hydrogens (tertiary/aromatic N) is 3. The summed E-state index contributed by atoms with van der Waals surface area (Å²) >= 11 is 1.27. The highest BCUT2D eigenvalue weighted by atomic mass is 32.1. The second kappa shape index (κ2) is 9.34. The van der Waals surface area contributed by atoms with Crippen LogP contribution in [0.1, 0.15) is 43.0 Å². The van der Waals surface area contributed by atoms with Gasteiger partial charge < -0.3 is 10.6 Å². The normalized spacial score (nSPS) is 22.6. The number of piperidine rings is 2. The van der Waals surface area contributed by atoms with Gasteiger partial charge in [0.15, 0.2) is 0 Å². The Kier molecular flexibility index (Phi) is 6.26. The fraction of sp³-hybridized carbons (Fsp3) is 0.464. The van der Waals surface area contributed by atoms with Gasteiger partial charge in [0.25, 0.3) is 0 Å². The number of halogens is 3. The number of fused-ring (bicyclic) bond motifs is 2. The third-order valence-electron chi connectivity index (χ3n) is 8.41. The summed E-state index contributed by atoms with van der Waals surface area (Å²) in [6.45, 7) is 6.76. The van der Waals surface area contributed by atoms with Crippen LogP contribution in [0.2, 0.25) is 0 Å². The fourth-order valence-corrected chi connectivity index (χ4v) is 7.22. The van der Waals surface area contributed by atoms with E-state index in [1.54, 1.807) is 12.1 Å². The first-order chi connectivity index (χ1) is 18.9. The Morgan fingerprint density at radius 1 is 1.15 bits per heavy atom. The van der Waals surface area contributed by atoms with Crippen molar-refractivity contribution in [1.29, 1.82) is 0 Å². The Morgan fingerprint density at radius 2 is 1.82 bits per heavy atom.